The summed E-state index contributed by atoms with van der Waals surface area (Å²) in [5, 5.41) is 3.74. The molecule has 0 aromatic heterocycles. The van der Waals surface area contributed by atoms with Gasteiger partial charge in [0.2, 0.25) is 5.91 Å². The average molecular weight is 344 g/mol. The minimum absolute atomic E-state index is 0.168. The first-order valence-corrected chi connectivity index (χ1v) is 7.38. The molecular formula is C15H13Cl3N2O. The fraction of sp³-hybridized carbons (Fsp3) is 0.133. The lowest BCUT2D eigenvalue weighted by atomic mass is 10.1. The number of amides is 1. The van der Waals surface area contributed by atoms with Gasteiger partial charge in [0.25, 0.3) is 0 Å². The Hall–Kier alpha value is -1.42. The Morgan fingerprint density at radius 3 is 2.43 bits per heavy atom. The number of carbonyl (C=O) groups excluding carboxylic acids is 1. The molecular weight excluding hydrogens is 331 g/mol. The molecule has 110 valence electrons. The third kappa shape index (κ3) is 4.27. The van der Waals surface area contributed by atoms with Gasteiger partial charge in [0.05, 0.1) is 20.8 Å². The molecule has 0 radical (unpaired) electrons. The van der Waals surface area contributed by atoms with E-state index in [1.807, 2.05) is 24.3 Å². The normalized spacial score (nSPS) is 10.4. The Labute approximate surface area is 138 Å². The van der Waals surface area contributed by atoms with Crippen molar-refractivity contribution in [2.75, 3.05) is 11.1 Å². The van der Waals surface area contributed by atoms with Crippen LogP contribution in [-0.2, 0) is 11.2 Å². The maximum absolute atomic E-state index is 12.0. The number of rotatable bonds is 4. The number of aryl methyl sites for hydroxylation is 1. The zero-order valence-corrected chi connectivity index (χ0v) is 13.3. The maximum Gasteiger partial charge on any atom is 0.224 e. The lowest BCUT2D eigenvalue weighted by molar-refractivity contribution is -0.116. The Kier molecular flexibility index (Phi) is 5.34. The van der Waals surface area contributed by atoms with Gasteiger partial charge >= 0.3 is 0 Å². The van der Waals surface area contributed by atoms with Crippen molar-refractivity contribution in [2.24, 2.45) is 0 Å². The molecule has 0 atom stereocenters. The number of para-hydroxylation sites is 1. The summed E-state index contributed by atoms with van der Waals surface area (Å²) in [4.78, 5) is 12.0. The van der Waals surface area contributed by atoms with Crippen molar-refractivity contribution in [3.63, 3.8) is 0 Å². The van der Waals surface area contributed by atoms with Crippen LogP contribution in [-0.4, -0.2) is 5.91 Å². The fourth-order valence-corrected chi connectivity index (χ4v) is 2.44. The van der Waals surface area contributed by atoms with E-state index in [-0.39, 0.29) is 5.91 Å². The molecule has 0 saturated carbocycles. The molecule has 21 heavy (non-hydrogen) atoms. The second-order valence-electron chi connectivity index (χ2n) is 4.49. The molecule has 0 saturated heterocycles. The minimum Gasteiger partial charge on any atom is -0.399 e. The van der Waals surface area contributed by atoms with E-state index in [2.05, 4.69) is 5.32 Å². The van der Waals surface area contributed by atoms with Crippen LogP contribution in [0.15, 0.2) is 36.4 Å². The van der Waals surface area contributed by atoms with E-state index in [4.69, 9.17) is 40.5 Å². The van der Waals surface area contributed by atoms with Gasteiger partial charge in [-0.1, -0.05) is 53.0 Å². The molecule has 0 aliphatic carbocycles. The Morgan fingerprint density at radius 2 is 1.71 bits per heavy atom. The fourth-order valence-electron chi connectivity index (χ4n) is 1.84. The molecule has 2 rings (SSSR count). The van der Waals surface area contributed by atoms with Crippen LogP contribution in [0.2, 0.25) is 15.1 Å². The number of carbonyl (C=O) groups is 1. The van der Waals surface area contributed by atoms with E-state index in [9.17, 15) is 4.79 Å². The maximum atomic E-state index is 12.0. The van der Waals surface area contributed by atoms with Crippen LogP contribution in [0.1, 0.15) is 12.0 Å². The minimum atomic E-state index is -0.168. The number of nitrogen functional groups attached to an aromatic ring is 1. The van der Waals surface area contributed by atoms with Crippen molar-refractivity contribution in [1.82, 2.24) is 0 Å². The van der Waals surface area contributed by atoms with Gasteiger partial charge in [-0.15, -0.1) is 0 Å². The number of hydrogen-bond donors (Lipinski definition) is 2. The monoisotopic (exact) mass is 342 g/mol. The molecule has 2 aromatic rings. The number of halogens is 3. The van der Waals surface area contributed by atoms with Crippen LogP contribution >= 0.6 is 34.8 Å². The first-order valence-electron chi connectivity index (χ1n) is 6.25. The van der Waals surface area contributed by atoms with Crippen molar-refractivity contribution in [2.45, 2.75) is 12.8 Å². The highest BCUT2D eigenvalue weighted by atomic mass is 35.5. The first kappa shape index (κ1) is 16.0. The van der Waals surface area contributed by atoms with Gasteiger partial charge in [-0.05, 0) is 30.2 Å². The lowest BCUT2D eigenvalue weighted by Crippen LogP contribution is -2.13. The quantitative estimate of drug-likeness (QED) is 0.619. The van der Waals surface area contributed by atoms with Crippen LogP contribution < -0.4 is 11.1 Å². The summed E-state index contributed by atoms with van der Waals surface area (Å²) in [5.74, 6) is -0.168. The molecule has 3 nitrogen and oxygen atoms in total. The SMILES string of the molecule is Nc1ccccc1CCC(=O)Nc1cc(Cl)c(Cl)cc1Cl. The molecule has 0 bridgehead atoms. The second-order valence-corrected chi connectivity index (χ2v) is 5.71. The first-order chi connectivity index (χ1) is 9.97. The zero-order chi connectivity index (χ0) is 15.4. The smallest absolute Gasteiger partial charge is 0.224 e. The molecule has 0 unspecified atom stereocenters. The zero-order valence-electron chi connectivity index (χ0n) is 11.0. The highest BCUT2D eigenvalue weighted by Crippen LogP contribution is 2.32. The summed E-state index contributed by atoms with van der Waals surface area (Å²) >= 11 is 17.8. The van der Waals surface area contributed by atoms with Crippen molar-refractivity contribution < 1.29 is 4.79 Å². The van der Waals surface area contributed by atoms with Gasteiger partial charge in [0.1, 0.15) is 0 Å². The number of anilines is 2. The summed E-state index contributed by atoms with van der Waals surface area (Å²) in [7, 11) is 0. The molecule has 1 amide bonds. The van der Waals surface area contributed by atoms with E-state index >= 15 is 0 Å². The van der Waals surface area contributed by atoms with E-state index in [1.54, 1.807) is 0 Å². The Morgan fingerprint density at radius 1 is 1.05 bits per heavy atom. The van der Waals surface area contributed by atoms with Crippen molar-refractivity contribution in [3.05, 3.63) is 57.0 Å². The van der Waals surface area contributed by atoms with Gasteiger partial charge in [-0.3, -0.25) is 4.79 Å². The topological polar surface area (TPSA) is 55.1 Å². The lowest BCUT2D eigenvalue weighted by Gasteiger charge is -2.09. The second kappa shape index (κ2) is 7.03. The van der Waals surface area contributed by atoms with E-state index in [0.717, 1.165) is 5.56 Å². The molecule has 0 spiro atoms. The van der Waals surface area contributed by atoms with Crippen molar-refractivity contribution >= 4 is 52.1 Å². The van der Waals surface area contributed by atoms with E-state index in [1.165, 1.54) is 12.1 Å². The van der Waals surface area contributed by atoms with Crippen LogP contribution in [0.25, 0.3) is 0 Å². The molecule has 0 heterocycles. The van der Waals surface area contributed by atoms with Crippen LogP contribution in [0.3, 0.4) is 0 Å². The molecule has 6 heteroatoms. The molecule has 0 fully saturated rings. The highest BCUT2D eigenvalue weighted by molar-refractivity contribution is 6.44. The third-order valence-electron chi connectivity index (χ3n) is 2.96. The average Bonchev–Trinajstić information content (AvgIpc) is 2.44. The summed E-state index contributed by atoms with van der Waals surface area (Å²) in [6.45, 7) is 0. The number of benzene rings is 2. The number of nitrogens with two attached hydrogens (primary N) is 1. The van der Waals surface area contributed by atoms with Crippen molar-refractivity contribution in [3.8, 4) is 0 Å². The van der Waals surface area contributed by atoms with Gasteiger partial charge in [-0.2, -0.15) is 0 Å². The summed E-state index contributed by atoms with van der Waals surface area (Å²) in [6, 6.07) is 10.5. The predicted octanol–water partition coefficient (Wildman–Crippen LogP) is 4.80. The van der Waals surface area contributed by atoms with Crippen LogP contribution in [0.4, 0.5) is 11.4 Å². The highest BCUT2D eigenvalue weighted by Gasteiger charge is 2.10. The summed E-state index contributed by atoms with van der Waals surface area (Å²) < 4.78 is 0. The van der Waals surface area contributed by atoms with Gasteiger partial charge in [0.15, 0.2) is 0 Å². The van der Waals surface area contributed by atoms with Crippen LogP contribution in [0.5, 0.6) is 0 Å². The van der Waals surface area contributed by atoms with Gasteiger partial charge < -0.3 is 11.1 Å². The van der Waals surface area contributed by atoms with Gasteiger partial charge in [-0.25, -0.2) is 0 Å². The molecule has 2 aromatic carbocycles. The standard InChI is InChI=1S/C15H13Cl3N2O/c16-10-7-12(18)14(8-11(10)17)20-15(21)6-5-9-3-1-2-4-13(9)19/h1-4,7-8H,5-6,19H2,(H,20,21). The Balaban J connectivity index is 1.99. The molecule has 0 aliphatic heterocycles. The third-order valence-corrected chi connectivity index (χ3v) is 4.00. The largest absolute Gasteiger partial charge is 0.399 e. The van der Waals surface area contributed by atoms with E-state index < -0.39 is 0 Å². The van der Waals surface area contributed by atoms with E-state index in [0.29, 0.717) is 39.3 Å². The van der Waals surface area contributed by atoms with Crippen LogP contribution in [0, 0.1) is 0 Å². The number of nitrogens with one attached hydrogen (secondary N) is 1. The molecule has 0 aliphatic rings. The van der Waals surface area contributed by atoms with Crippen molar-refractivity contribution in [1.29, 1.82) is 0 Å². The summed E-state index contributed by atoms with van der Waals surface area (Å²) in [6.07, 6.45) is 0.849. The van der Waals surface area contributed by atoms with Gasteiger partial charge in [0, 0.05) is 12.1 Å². The Bertz CT molecular complexity index is 674. The summed E-state index contributed by atoms with van der Waals surface area (Å²) in [5.41, 5.74) is 7.89. The predicted molar refractivity (Wildman–Crippen MR) is 89.3 cm³/mol. The number of hydrogen-bond acceptors (Lipinski definition) is 2. The molecule has 3 N–H and O–H groups in total.